The SMILES string of the molecule is CC.CCC.CCNCCCC(=O)OC1CCc2cc(F)cc(F)c21.c1ccccc1. The normalized spacial score (nSPS) is 13.3. The van der Waals surface area contributed by atoms with E-state index in [4.69, 9.17) is 4.74 Å². The van der Waals surface area contributed by atoms with Crippen LogP contribution in [0.3, 0.4) is 0 Å². The molecular formula is C26H39F2NO2. The first-order valence-electron chi connectivity index (χ1n) is 11.4. The van der Waals surface area contributed by atoms with E-state index in [9.17, 15) is 13.6 Å². The Morgan fingerprint density at radius 1 is 1.03 bits per heavy atom. The number of benzene rings is 2. The van der Waals surface area contributed by atoms with Gasteiger partial charge in [-0.15, -0.1) is 0 Å². The van der Waals surface area contributed by atoms with Gasteiger partial charge in [0.25, 0.3) is 0 Å². The number of carbonyl (C=O) groups is 1. The Balaban J connectivity index is 0.000000677. The summed E-state index contributed by atoms with van der Waals surface area (Å²) in [5.41, 5.74) is 0.944. The Labute approximate surface area is 187 Å². The zero-order valence-corrected chi connectivity index (χ0v) is 19.7. The van der Waals surface area contributed by atoms with Gasteiger partial charge in [-0.3, -0.25) is 4.79 Å². The van der Waals surface area contributed by atoms with Crippen molar-refractivity contribution in [1.29, 1.82) is 0 Å². The predicted molar refractivity (Wildman–Crippen MR) is 125 cm³/mol. The van der Waals surface area contributed by atoms with Crippen molar-refractivity contribution >= 4 is 5.97 Å². The third-order valence-corrected chi connectivity index (χ3v) is 4.10. The predicted octanol–water partition coefficient (Wildman–Crippen LogP) is 7.01. The summed E-state index contributed by atoms with van der Waals surface area (Å²) in [4.78, 5) is 11.7. The lowest BCUT2D eigenvalue weighted by Gasteiger charge is -2.14. The zero-order valence-electron chi connectivity index (χ0n) is 19.7. The van der Waals surface area contributed by atoms with Gasteiger partial charge in [-0.05, 0) is 44.0 Å². The molecule has 0 amide bonds. The Hall–Kier alpha value is -2.27. The highest BCUT2D eigenvalue weighted by Crippen LogP contribution is 2.36. The van der Waals surface area contributed by atoms with Gasteiger partial charge in [0, 0.05) is 18.1 Å². The van der Waals surface area contributed by atoms with Gasteiger partial charge in [0.15, 0.2) is 0 Å². The molecule has 1 N–H and O–H groups in total. The van der Waals surface area contributed by atoms with Gasteiger partial charge in [0.1, 0.15) is 17.7 Å². The average molecular weight is 436 g/mol. The van der Waals surface area contributed by atoms with Crippen LogP contribution in [0.4, 0.5) is 8.78 Å². The first-order valence-corrected chi connectivity index (χ1v) is 11.4. The maximum atomic E-state index is 13.8. The number of aryl methyl sites for hydroxylation is 1. The number of hydrogen-bond donors (Lipinski definition) is 1. The monoisotopic (exact) mass is 435 g/mol. The second-order valence-electron chi connectivity index (χ2n) is 6.80. The maximum Gasteiger partial charge on any atom is 0.306 e. The molecule has 0 saturated carbocycles. The van der Waals surface area contributed by atoms with Crippen molar-refractivity contribution in [2.24, 2.45) is 0 Å². The fourth-order valence-electron chi connectivity index (χ4n) is 2.89. The topological polar surface area (TPSA) is 38.3 Å². The summed E-state index contributed by atoms with van der Waals surface area (Å²) in [7, 11) is 0. The Kier molecular flexibility index (Phi) is 17.1. The number of rotatable bonds is 6. The first kappa shape index (κ1) is 28.7. The van der Waals surface area contributed by atoms with Crippen molar-refractivity contribution in [3.63, 3.8) is 0 Å². The van der Waals surface area contributed by atoms with Gasteiger partial charge in [-0.1, -0.05) is 77.4 Å². The minimum Gasteiger partial charge on any atom is -0.457 e. The fourth-order valence-corrected chi connectivity index (χ4v) is 2.89. The lowest BCUT2D eigenvalue weighted by atomic mass is 10.1. The number of hydrogen-bond acceptors (Lipinski definition) is 3. The number of ether oxygens (including phenoxy) is 1. The lowest BCUT2D eigenvalue weighted by molar-refractivity contribution is -0.149. The van der Waals surface area contributed by atoms with Crippen molar-refractivity contribution in [3.8, 4) is 0 Å². The number of fused-ring (bicyclic) bond motifs is 1. The quantitative estimate of drug-likeness (QED) is 0.392. The Morgan fingerprint density at radius 3 is 2.10 bits per heavy atom. The molecule has 31 heavy (non-hydrogen) atoms. The molecule has 3 nitrogen and oxygen atoms in total. The second kappa shape index (κ2) is 18.5. The second-order valence-corrected chi connectivity index (χ2v) is 6.80. The van der Waals surface area contributed by atoms with Crippen molar-refractivity contribution in [1.82, 2.24) is 5.32 Å². The maximum absolute atomic E-state index is 13.8. The molecule has 1 atom stereocenters. The highest BCUT2D eigenvalue weighted by Gasteiger charge is 2.29. The molecule has 0 aromatic heterocycles. The summed E-state index contributed by atoms with van der Waals surface area (Å²) >= 11 is 0. The number of esters is 1. The largest absolute Gasteiger partial charge is 0.457 e. The Morgan fingerprint density at radius 2 is 1.58 bits per heavy atom. The lowest BCUT2D eigenvalue weighted by Crippen LogP contribution is -2.16. The highest BCUT2D eigenvalue weighted by molar-refractivity contribution is 5.69. The van der Waals surface area contributed by atoms with E-state index in [1.54, 1.807) is 0 Å². The van der Waals surface area contributed by atoms with Crippen LogP contribution in [-0.4, -0.2) is 19.1 Å². The molecule has 5 heteroatoms. The minimum absolute atomic E-state index is 0.307. The van der Waals surface area contributed by atoms with E-state index in [1.165, 1.54) is 12.5 Å². The summed E-state index contributed by atoms with van der Waals surface area (Å²) in [5, 5.41) is 3.12. The summed E-state index contributed by atoms with van der Waals surface area (Å²) < 4.78 is 32.2. The van der Waals surface area contributed by atoms with Gasteiger partial charge >= 0.3 is 5.97 Å². The van der Waals surface area contributed by atoms with Crippen LogP contribution in [0.2, 0.25) is 0 Å². The van der Waals surface area contributed by atoms with Gasteiger partial charge in [-0.25, -0.2) is 8.78 Å². The van der Waals surface area contributed by atoms with Crippen LogP contribution in [0.5, 0.6) is 0 Å². The molecule has 174 valence electrons. The summed E-state index contributed by atoms with van der Waals surface area (Å²) in [6, 6.07) is 14.2. The minimum atomic E-state index is -0.622. The summed E-state index contributed by atoms with van der Waals surface area (Å²) in [6.45, 7) is 11.9. The van der Waals surface area contributed by atoms with E-state index in [0.29, 0.717) is 36.8 Å². The average Bonchev–Trinajstić information content (AvgIpc) is 3.17. The van der Waals surface area contributed by atoms with E-state index in [2.05, 4.69) is 19.2 Å². The first-order chi connectivity index (χ1) is 15.0. The zero-order chi connectivity index (χ0) is 23.5. The van der Waals surface area contributed by atoms with Crippen LogP contribution in [0.15, 0.2) is 48.5 Å². The molecule has 0 aliphatic heterocycles. The van der Waals surface area contributed by atoms with E-state index in [-0.39, 0.29) is 5.97 Å². The van der Waals surface area contributed by atoms with E-state index in [0.717, 1.165) is 19.2 Å². The third-order valence-electron chi connectivity index (χ3n) is 4.10. The van der Waals surface area contributed by atoms with Crippen LogP contribution >= 0.6 is 0 Å². The molecule has 0 fully saturated rings. The van der Waals surface area contributed by atoms with E-state index in [1.807, 2.05) is 57.2 Å². The molecular weight excluding hydrogens is 396 g/mol. The summed E-state index contributed by atoms with van der Waals surface area (Å²) in [5.74, 6) is -1.54. The molecule has 0 saturated heterocycles. The molecule has 0 bridgehead atoms. The number of halogens is 2. The van der Waals surface area contributed by atoms with Gasteiger partial charge in [0.2, 0.25) is 0 Å². The molecule has 3 rings (SSSR count). The van der Waals surface area contributed by atoms with Crippen LogP contribution < -0.4 is 5.32 Å². The third kappa shape index (κ3) is 12.2. The van der Waals surface area contributed by atoms with E-state index < -0.39 is 17.7 Å². The number of nitrogens with one attached hydrogen (secondary N) is 1. The number of carbonyl (C=O) groups excluding carboxylic acids is 1. The van der Waals surface area contributed by atoms with Crippen molar-refractivity contribution in [3.05, 3.63) is 71.3 Å². The van der Waals surface area contributed by atoms with Gasteiger partial charge in [-0.2, -0.15) is 0 Å². The molecule has 0 radical (unpaired) electrons. The van der Waals surface area contributed by atoms with Gasteiger partial charge in [0.05, 0.1) is 0 Å². The van der Waals surface area contributed by atoms with Crippen LogP contribution in [0.25, 0.3) is 0 Å². The molecule has 0 heterocycles. The van der Waals surface area contributed by atoms with Crippen molar-refractivity contribution in [2.75, 3.05) is 13.1 Å². The summed E-state index contributed by atoms with van der Waals surface area (Å²) in [6.07, 6.45) is 2.74. The van der Waals surface area contributed by atoms with Gasteiger partial charge < -0.3 is 10.1 Å². The van der Waals surface area contributed by atoms with Crippen LogP contribution in [0, 0.1) is 11.6 Å². The molecule has 0 spiro atoms. The molecule has 2 aromatic rings. The molecule has 1 aliphatic carbocycles. The van der Waals surface area contributed by atoms with E-state index >= 15 is 0 Å². The Bertz CT molecular complexity index is 681. The fraction of sp³-hybridized carbons (Fsp3) is 0.500. The van der Waals surface area contributed by atoms with Crippen LogP contribution in [-0.2, 0) is 16.0 Å². The smallest absolute Gasteiger partial charge is 0.306 e. The molecule has 1 aliphatic rings. The molecule has 1 unspecified atom stereocenters. The van der Waals surface area contributed by atoms with Crippen molar-refractivity contribution < 1.29 is 18.3 Å². The standard InChI is InChI=1S/C15H19F2NO2.C6H6.C3H8.C2H6/c1-2-18-7-3-4-14(19)20-13-6-5-10-8-11(16)9-12(17)15(10)13;1-2-4-6-5-3-1;1-3-2;1-2/h8-9,13,18H,2-7H2,1H3;1-6H;3H2,1-2H3;1-2H3. The van der Waals surface area contributed by atoms with Crippen LogP contribution in [0.1, 0.15) is 77.5 Å². The van der Waals surface area contributed by atoms with Crippen molar-refractivity contribution in [2.45, 2.75) is 72.8 Å². The highest BCUT2D eigenvalue weighted by atomic mass is 19.1. The molecule has 2 aromatic carbocycles.